The third-order valence-corrected chi connectivity index (χ3v) is 6.87. The lowest BCUT2D eigenvalue weighted by atomic mass is 9.89. The number of amides is 1. The molecule has 0 atom stereocenters. The number of piperidine rings is 1. The number of thiazole rings is 1. The molecule has 7 heteroatoms. The molecular formula is C18H23N3O2S2. The molecule has 25 heavy (non-hydrogen) atoms. The van der Waals surface area contributed by atoms with Crippen molar-refractivity contribution >= 4 is 28.6 Å². The van der Waals surface area contributed by atoms with Gasteiger partial charge < -0.3 is 9.64 Å². The number of thiophene rings is 1. The lowest BCUT2D eigenvalue weighted by Gasteiger charge is -2.47. The number of carbonyl (C=O) groups is 1. The summed E-state index contributed by atoms with van der Waals surface area (Å²) in [6.45, 7) is 7.15. The van der Waals surface area contributed by atoms with Crippen molar-refractivity contribution in [3.8, 4) is 0 Å². The van der Waals surface area contributed by atoms with Crippen LogP contribution in [-0.2, 0) is 11.3 Å². The number of hydrogen-bond donors (Lipinski definition) is 0. The van der Waals surface area contributed by atoms with Crippen molar-refractivity contribution < 1.29 is 9.53 Å². The standard InChI is InChI=1S/C18H23N3O2S2/c1-14-10-15(25-12-14)17(22)21-5-2-18(3-6-21)13-20(7-8-23-18)11-16-19-4-9-24-16/h4,9-10,12H,2-3,5-8,11,13H2,1H3. The van der Waals surface area contributed by atoms with Crippen molar-refractivity contribution in [2.45, 2.75) is 31.9 Å². The van der Waals surface area contributed by atoms with E-state index in [2.05, 4.69) is 9.88 Å². The fourth-order valence-electron chi connectivity index (χ4n) is 3.70. The van der Waals surface area contributed by atoms with Gasteiger partial charge in [-0.15, -0.1) is 22.7 Å². The summed E-state index contributed by atoms with van der Waals surface area (Å²) in [7, 11) is 0. The van der Waals surface area contributed by atoms with E-state index in [9.17, 15) is 4.79 Å². The van der Waals surface area contributed by atoms with Gasteiger partial charge in [0.25, 0.3) is 5.91 Å². The summed E-state index contributed by atoms with van der Waals surface area (Å²) in [5, 5.41) is 5.24. The van der Waals surface area contributed by atoms with Crippen LogP contribution in [0.5, 0.6) is 0 Å². The fourth-order valence-corrected chi connectivity index (χ4v) is 5.22. The van der Waals surface area contributed by atoms with Crippen LogP contribution in [0.2, 0.25) is 0 Å². The zero-order chi connectivity index (χ0) is 17.3. The Morgan fingerprint density at radius 2 is 2.16 bits per heavy atom. The van der Waals surface area contributed by atoms with Gasteiger partial charge in [0, 0.05) is 37.8 Å². The Labute approximate surface area is 156 Å². The van der Waals surface area contributed by atoms with Crippen LogP contribution < -0.4 is 0 Å². The summed E-state index contributed by atoms with van der Waals surface area (Å²) < 4.78 is 6.20. The highest BCUT2D eigenvalue weighted by molar-refractivity contribution is 7.12. The van der Waals surface area contributed by atoms with Gasteiger partial charge in [0.1, 0.15) is 5.01 Å². The number of nitrogens with zero attached hydrogens (tertiary/aromatic N) is 3. The molecule has 1 amide bonds. The summed E-state index contributed by atoms with van der Waals surface area (Å²) in [6, 6.07) is 1.99. The average Bonchev–Trinajstić information content (AvgIpc) is 3.27. The number of carbonyl (C=O) groups excluding carboxylic acids is 1. The smallest absolute Gasteiger partial charge is 0.263 e. The molecule has 2 saturated heterocycles. The highest BCUT2D eigenvalue weighted by Gasteiger charge is 2.40. The molecule has 5 nitrogen and oxygen atoms in total. The Morgan fingerprint density at radius 1 is 1.32 bits per heavy atom. The molecule has 2 aliphatic heterocycles. The molecule has 2 aliphatic rings. The number of ether oxygens (including phenoxy) is 1. The van der Waals surface area contributed by atoms with E-state index in [0.29, 0.717) is 0 Å². The quantitative estimate of drug-likeness (QED) is 0.825. The zero-order valence-corrected chi connectivity index (χ0v) is 16.1. The first kappa shape index (κ1) is 17.1. The van der Waals surface area contributed by atoms with Crippen LogP contribution >= 0.6 is 22.7 Å². The minimum atomic E-state index is -0.0995. The first-order valence-corrected chi connectivity index (χ1v) is 10.5. The molecule has 0 N–H and O–H groups in total. The van der Waals surface area contributed by atoms with E-state index in [4.69, 9.17) is 4.74 Å². The summed E-state index contributed by atoms with van der Waals surface area (Å²) in [4.78, 5) is 22.3. The lowest BCUT2D eigenvalue weighted by molar-refractivity contribution is -0.134. The normalized spacial score (nSPS) is 20.9. The topological polar surface area (TPSA) is 45.7 Å². The summed E-state index contributed by atoms with van der Waals surface area (Å²) in [5.41, 5.74) is 1.06. The molecule has 0 aromatic carbocycles. The Kier molecular flexibility index (Phi) is 4.90. The van der Waals surface area contributed by atoms with Gasteiger partial charge in [-0.05, 0) is 36.8 Å². The summed E-state index contributed by atoms with van der Waals surface area (Å²) in [6.07, 6.45) is 3.70. The Balaban J connectivity index is 1.36. The van der Waals surface area contributed by atoms with E-state index in [-0.39, 0.29) is 11.5 Å². The van der Waals surface area contributed by atoms with Crippen molar-refractivity contribution in [2.24, 2.45) is 0 Å². The lowest BCUT2D eigenvalue weighted by Crippen LogP contribution is -2.57. The molecule has 0 saturated carbocycles. The zero-order valence-electron chi connectivity index (χ0n) is 14.4. The van der Waals surface area contributed by atoms with Crippen LogP contribution in [0.3, 0.4) is 0 Å². The average molecular weight is 378 g/mol. The number of hydrogen-bond acceptors (Lipinski definition) is 6. The molecule has 4 rings (SSSR count). The first-order valence-electron chi connectivity index (χ1n) is 8.73. The van der Waals surface area contributed by atoms with Crippen LogP contribution in [-0.4, -0.2) is 59.1 Å². The van der Waals surface area contributed by atoms with E-state index in [1.165, 1.54) is 0 Å². The van der Waals surface area contributed by atoms with Gasteiger partial charge in [-0.25, -0.2) is 4.98 Å². The Hall–Kier alpha value is -1.28. The molecule has 0 bridgehead atoms. The maximum atomic E-state index is 12.6. The highest BCUT2D eigenvalue weighted by Crippen LogP contribution is 2.32. The molecule has 1 spiro atoms. The van der Waals surface area contributed by atoms with E-state index in [1.807, 2.05) is 34.8 Å². The fraction of sp³-hybridized carbons (Fsp3) is 0.556. The van der Waals surface area contributed by atoms with Crippen molar-refractivity contribution in [3.05, 3.63) is 38.5 Å². The molecule has 4 heterocycles. The largest absolute Gasteiger partial charge is 0.372 e. The van der Waals surface area contributed by atoms with Crippen LogP contribution in [0.1, 0.15) is 33.1 Å². The first-order chi connectivity index (χ1) is 12.1. The van der Waals surface area contributed by atoms with Gasteiger partial charge in [0.15, 0.2) is 0 Å². The number of morpholine rings is 1. The molecular weight excluding hydrogens is 354 g/mol. The summed E-state index contributed by atoms with van der Waals surface area (Å²) >= 11 is 3.25. The monoisotopic (exact) mass is 377 g/mol. The number of likely N-dealkylation sites (tertiary alicyclic amines) is 1. The van der Waals surface area contributed by atoms with Gasteiger partial charge in [-0.1, -0.05) is 0 Å². The maximum absolute atomic E-state index is 12.6. The van der Waals surface area contributed by atoms with E-state index < -0.39 is 0 Å². The Morgan fingerprint density at radius 3 is 2.84 bits per heavy atom. The predicted octanol–water partition coefficient (Wildman–Crippen LogP) is 3.02. The van der Waals surface area contributed by atoms with Gasteiger partial charge in [-0.3, -0.25) is 9.69 Å². The van der Waals surface area contributed by atoms with E-state index in [1.54, 1.807) is 22.7 Å². The van der Waals surface area contributed by atoms with Crippen molar-refractivity contribution in [1.82, 2.24) is 14.8 Å². The second kappa shape index (κ2) is 7.15. The van der Waals surface area contributed by atoms with Gasteiger partial charge >= 0.3 is 0 Å². The predicted molar refractivity (Wildman–Crippen MR) is 100 cm³/mol. The van der Waals surface area contributed by atoms with E-state index >= 15 is 0 Å². The van der Waals surface area contributed by atoms with Crippen molar-refractivity contribution in [3.63, 3.8) is 0 Å². The van der Waals surface area contributed by atoms with Crippen LogP contribution in [0, 0.1) is 6.92 Å². The molecule has 0 aliphatic carbocycles. The van der Waals surface area contributed by atoms with E-state index in [0.717, 1.165) is 67.6 Å². The van der Waals surface area contributed by atoms with Gasteiger partial charge in [0.05, 0.1) is 23.6 Å². The molecule has 2 aromatic rings. The van der Waals surface area contributed by atoms with Gasteiger partial charge in [0.2, 0.25) is 0 Å². The highest BCUT2D eigenvalue weighted by atomic mass is 32.1. The third-order valence-electron chi connectivity index (χ3n) is 5.07. The number of aryl methyl sites for hydroxylation is 1. The van der Waals surface area contributed by atoms with Gasteiger partial charge in [-0.2, -0.15) is 0 Å². The van der Waals surface area contributed by atoms with Crippen molar-refractivity contribution in [2.75, 3.05) is 32.8 Å². The van der Waals surface area contributed by atoms with Crippen molar-refractivity contribution in [1.29, 1.82) is 0 Å². The second-order valence-electron chi connectivity index (χ2n) is 6.95. The van der Waals surface area contributed by atoms with Crippen LogP contribution in [0.25, 0.3) is 0 Å². The molecule has 2 fully saturated rings. The number of rotatable bonds is 3. The molecule has 0 unspecified atom stereocenters. The minimum Gasteiger partial charge on any atom is -0.372 e. The third kappa shape index (κ3) is 3.79. The van der Waals surface area contributed by atoms with Crippen LogP contribution in [0.15, 0.2) is 23.0 Å². The number of aromatic nitrogens is 1. The molecule has 0 radical (unpaired) electrons. The minimum absolute atomic E-state index is 0.0995. The van der Waals surface area contributed by atoms with Crippen LogP contribution in [0.4, 0.5) is 0 Å². The maximum Gasteiger partial charge on any atom is 0.263 e. The summed E-state index contributed by atoms with van der Waals surface area (Å²) in [5.74, 6) is 0.170. The Bertz CT molecular complexity index is 721. The SMILES string of the molecule is Cc1csc(C(=O)N2CCC3(CC2)CN(Cc2nccs2)CCO3)c1. The second-order valence-corrected chi connectivity index (χ2v) is 8.84. The molecule has 2 aromatic heterocycles. The molecule has 134 valence electrons.